The van der Waals surface area contributed by atoms with Crippen LogP contribution in [0.1, 0.15) is 43.6 Å². The molecular weight excluding hydrogens is 252 g/mol. The molecule has 0 bridgehead atoms. The van der Waals surface area contributed by atoms with Gasteiger partial charge in [-0.1, -0.05) is 20.3 Å². The largest absolute Gasteiger partial charge is 0.496 e. The lowest BCUT2D eigenvalue weighted by Crippen LogP contribution is -2.12. The van der Waals surface area contributed by atoms with Crippen LogP contribution in [0.2, 0.25) is 0 Å². The van der Waals surface area contributed by atoms with Crippen LogP contribution in [0.5, 0.6) is 5.75 Å². The van der Waals surface area contributed by atoms with Crippen LogP contribution in [0.3, 0.4) is 0 Å². The van der Waals surface area contributed by atoms with E-state index in [0.717, 1.165) is 48.3 Å². The number of hydrogen-bond acceptors (Lipinski definition) is 3. The maximum absolute atomic E-state index is 12.6. The van der Waals surface area contributed by atoms with Crippen molar-refractivity contribution in [2.24, 2.45) is 0 Å². The summed E-state index contributed by atoms with van der Waals surface area (Å²) in [5.41, 5.74) is 2.57. The maximum Gasteiger partial charge on any atom is 0.196 e. The maximum atomic E-state index is 12.6. The molecule has 0 N–H and O–H groups in total. The van der Waals surface area contributed by atoms with Gasteiger partial charge in [-0.05, 0) is 37.8 Å². The number of unbranched alkanes of at least 4 members (excludes halogenated alkanes) is 1. The molecule has 0 unspecified atom stereocenters. The molecule has 3 heteroatoms. The quantitative estimate of drug-likeness (QED) is 0.826. The molecule has 0 aliphatic rings. The first kappa shape index (κ1) is 14.6. The fraction of sp³-hybridized carbons (Fsp3) is 0.471. The molecule has 0 aliphatic heterocycles. The molecule has 0 atom stereocenters. The van der Waals surface area contributed by atoms with Crippen molar-refractivity contribution in [1.29, 1.82) is 0 Å². The summed E-state index contributed by atoms with van der Waals surface area (Å²) < 4.78 is 11.2. The van der Waals surface area contributed by atoms with Crippen LogP contribution in [-0.2, 0) is 12.8 Å². The van der Waals surface area contributed by atoms with E-state index < -0.39 is 0 Å². The third kappa shape index (κ3) is 2.58. The summed E-state index contributed by atoms with van der Waals surface area (Å²) in [5, 5.41) is 0.666. The fourth-order valence-electron chi connectivity index (χ4n) is 2.53. The second kappa shape index (κ2) is 6.12. The highest BCUT2D eigenvalue weighted by atomic mass is 16.5. The van der Waals surface area contributed by atoms with E-state index in [-0.39, 0.29) is 5.43 Å². The van der Waals surface area contributed by atoms with Gasteiger partial charge < -0.3 is 9.15 Å². The van der Waals surface area contributed by atoms with Crippen LogP contribution in [0.15, 0.2) is 21.3 Å². The average Bonchev–Trinajstić information content (AvgIpc) is 2.46. The molecule has 2 rings (SSSR count). The third-order valence-electron chi connectivity index (χ3n) is 3.75. The van der Waals surface area contributed by atoms with Crippen molar-refractivity contribution in [3.8, 4) is 5.75 Å². The van der Waals surface area contributed by atoms with E-state index in [1.807, 2.05) is 19.1 Å². The third-order valence-corrected chi connectivity index (χ3v) is 3.75. The molecule has 0 saturated heterocycles. The van der Waals surface area contributed by atoms with Gasteiger partial charge in [-0.25, -0.2) is 0 Å². The monoisotopic (exact) mass is 274 g/mol. The Hall–Kier alpha value is -1.77. The van der Waals surface area contributed by atoms with Crippen LogP contribution >= 0.6 is 0 Å². The van der Waals surface area contributed by atoms with Gasteiger partial charge in [0.1, 0.15) is 17.1 Å². The van der Waals surface area contributed by atoms with Crippen molar-refractivity contribution < 1.29 is 9.15 Å². The number of methoxy groups -OCH3 is 1. The molecule has 1 aromatic carbocycles. The Bertz CT molecular complexity index is 668. The van der Waals surface area contributed by atoms with Crippen molar-refractivity contribution >= 4 is 11.0 Å². The molecule has 1 heterocycles. The first-order chi connectivity index (χ1) is 9.62. The molecule has 20 heavy (non-hydrogen) atoms. The predicted octanol–water partition coefficient (Wildman–Crippen LogP) is 4.02. The predicted molar refractivity (Wildman–Crippen MR) is 81.8 cm³/mol. The van der Waals surface area contributed by atoms with Crippen LogP contribution in [0.4, 0.5) is 0 Å². The Balaban J connectivity index is 2.68. The molecule has 1 aromatic heterocycles. The fourth-order valence-corrected chi connectivity index (χ4v) is 2.53. The summed E-state index contributed by atoms with van der Waals surface area (Å²) in [4.78, 5) is 12.6. The molecule has 0 amide bonds. The summed E-state index contributed by atoms with van der Waals surface area (Å²) in [7, 11) is 1.64. The number of ether oxygens (including phenoxy) is 1. The van der Waals surface area contributed by atoms with Crippen LogP contribution in [0.25, 0.3) is 11.0 Å². The Labute approximate surface area is 119 Å². The molecule has 0 spiro atoms. The number of benzene rings is 1. The molecule has 0 saturated carbocycles. The van der Waals surface area contributed by atoms with Crippen molar-refractivity contribution in [2.45, 2.75) is 46.5 Å². The highest BCUT2D eigenvalue weighted by Crippen LogP contribution is 2.26. The summed E-state index contributed by atoms with van der Waals surface area (Å²) in [6.45, 7) is 6.04. The summed E-state index contributed by atoms with van der Waals surface area (Å²) in [6, 6.07) is 3.74. The SMILES string of the molecule is CCCCc1c(C)oc2cc(OC)c(CC)cc2c1=O. The number of rotatable bonds is 5. The standard InChI is InChI=1S/C17H22O3/c1-5-7-8-13-11(3)20-16-10-15(19-4)12(6-2)9-14(16)17(13)18/h9-10H,5-8H2,1-4H3. The zero-order valence-electron chi connectivity index (χ0n) is 12.7. The van der Waals surface area contributed by atoms with Gasteiger partial charge in [0.25, 0.3) is 0 Å². The smallest absolute Gasteiger partial charge is 0.196 e. The van der Waals surface area contributed by atoms with E-state index in [1.165, 1.54) is 0 Å². The summed E-state index contributed by atoms with van der Waals surface area (Å²) >= 11 is 0. The first-order valence-electron chi connectivity index (χ1n) is 7.25. The van der Waals surface area contributed by atoms with Gasteiger partial charge in [-0.15, -0.1) is 0 Å². The van der Waals surface area contributed by atoms with Crippen molar-refractivity contribution in [2.75, 3.05) is 7.11 Å². The minimum Gasteiger partial charge on any atom is -0.496 e. The van der Waals surface area contributed by atoms with Crippen LogP contribution in [0, 0.1) is 6.92 Å². The van der Waals surface area contributed by atoms with Gasteiger partial charge in [0.2, 0.25) is 0 Å². The normalized spacial score (nSPS) is 11.0. The first-order valence-corrected chi connectivity index (χ1v) is 7.25. The number of fused-ring (bicyclic) bond motifs is 1. The molecule has 0 radical (unpaired) electrons. The van der Waals surface area contributed by atoms with Gasteiger partial charge in [-0.3, -0.25) is 4.79 Å². The van der Waals surface area contributed by atoms with E-state index in [1.54, 1.807) is 7.11 Å². The lowest BCUT2D eigenvalue weighted by Gasteiger charge is -2.10. The van der Waals surface area contributed by atoms with Crippen molar-refractivity contribution in [3.05, 3.63) is 39.2 Å². The Morgan fingerprint density at radius 1 is 1.25 bits per heavy atom. The molecule has 3 nitrogen and oxygen atoms in total. The number of hydrogen-bond donors (Lipinski definition) is 0. The molecule has 2 aromatic rings. The molecule has 0 fully saturated rings. The van der Waals surface area contributed by atoms with Gasteiger partial charge in [0, 0.05) is 11.6 Å². The van der Waals surface area contributed by atoms with Gasteiger partial charge in [-0.2, -0.15) is 0 Å². The van der Waals surface area contributed by atoms with E-state index in [2.05, 4.69) is 13.8 Å². The minimum atomic E-state index is 0.106. The average molecular weight is 274 g/mol. The minimum absolute atomic E-state index is 0.106. The summed E-state index contributed by atoms with van der Waals surface area (Å²) in [6.07, 6.45) is 3.69. The Morgan fingerprint density at radius 3 is 2.60 bits per heavy atom. The zero-order valence-corrected chi connectivity index (χ0v) is 12.7. The topological polar surface area (TPSA) is 39.4 Å². The van der Waals surface area contributed by atoms with Gasteiger partial charge in [0.05, 0.1) is 12.5 Å². The van der Waals surface area contributed by atoms with Crippen molar-refractivity contribution in [1.82, 2.24) is 0 Å². The summed E-state index contributed by atoms with van der Waals surface area (Å²) in [5.74, 6) is 1.51. The Morgan fingerprint density at radius 2 is 2.00 bits per heavy atom. The second-order valence-corrected chi connectivity index (χ2v) is 5.08. The lowest BCUT2D eigenvalue weighted by atomic mass is 10.0. The lowest BCUT2D eigenvalue weighted by molar-refractivity contribution is 0.409. The van der Waals surface area contributed by atoms with E-state index in [0.29, 0.717) is 11.0 Å². The molecule has 0 aliphatic carbocycles. The molecular formula is C17H22O3. The zero-order chi connectivity index (χ0) is 14.7. The number of aryl methyl sites for hydroxylation is 2. The van der Waals surface area contributed by atoms with Crippen molar-refractivity contribution in [3.63, 3.8) is 0 Å². The van der Waals surface area contributed by atoms with Crippen LogP contribution in [-0.4, -0.2) is 7.11 Å². The van der Waals surface area contributed by atoms with E-state index >= 15 is 0 Å². The van der Waals surface area contributed by atoms with Gasteiger partial charge in [0.15, 0.2) is 5.43 Å². The highest BCUT2D eigenvalue weighted by molar-refractivity contribution is 5.80. The van der Waals surface area contributed by atoms with Crippen LogP contribution < -0.4 is 10.2 Å². The van der Waals surface area contributed by atoms with Gasteiger partial charge >= 0.3 is 0 Å². The van der Waals surface area contributed by atoms with E-state index in [9.17, 15) is 4.79 Å². The second-order valence-electron chi connectivity index (χ2n) is 5.08. The highest BCUT2D eigenvalue weighted by Gasteiger charge is 2.14. The molecule has 108 valence electrons. The Kier molecular flexibility index (Phi) is 4.48. The van der Waals surface area contributed by atoms with E-state index in [4.69, 9.17) is 9.15 Å².